The summed E-state index contributed by atoms with van der Waals surface area (Å²) in [5.41, 5.74) is 11.8. The van der Waals surface area contributed by atoms with Crippen molar-refractivity contribution in [3.05, 3.63) is 188 Å². The van der Waals surface area contributed by atoms with Gasteiger partial charge in [-0.3, -0.25) is 4.79 Å². The van der Waals surface area contributed by atoms with Crippen LogP contribution in [0, 0.1) is 13.8 Å². The summed E-state index contributed by atoms with van der Waals surface area (Å²) in [6, 6.07) is 41.4. The smallest absolute Gasteiger partial charge is 0.221 e. The van der Waals surface area contributed by atoms with Crippen LogP contribution in [-0.4, -0.2) is 34.2 Å². The first-order valence-corrected chi connectivity index (χ1v) is 19.6. The van der Waals surface area contributed by atoms with E-state index >= 15 is 4.79 Å². The van der Waals surface area contributed by atoms with Crippen molar-refractivity contribution < 1.29 is 23.7 Å². The van der Waals surface area contributed by atoms with Crippen molar-refractivity contribution in [2.24, 2.45) is 0 Å². The predicted octanol–water partition coefficient (Wildman–Crippen LogP) is 10.6. The van der Waals surface area contributed by atoms with Gasteiger partial charge in [-0.1, -0.05) is 121 Å². The monoisotopic (exact) mass is 750 g/mol. The second-order valence-corrected chi connectivity index (χ2v) is 15.9. The Bertz CT molecular complexity index is 2210. The minimum Gasteiger partial charge on any atom is -0.346 e. The van der Waals surface area contributed by atoms with E-state index in [1.165, 1.54) is 11.1 Å². The normalized spacial score (nSPS) is 13.4. The molecule has 0 fully saturated rings. The van der Waals surface area contributed by atoms with Gasteiger partial charge in [-0.05, 0) is 71.5 Å². The van der Waals surface area contributed by atoms with E-state index in [9.17, 15) is 0 Å². The van der Waals surface area contributed by atoms with Crippen molar-refractivity contribution >= 4 is 29.3 Å². The summed E-state index contributed by atoms with van der Waals surface area (Å²) in [5.74, 6) is -1.98. The van der Waals surface area contributed by atoms with Crippen LogP contribution in [0.2, 0.25) is 0 Å². The van der Waals surface area contributed by atoms with Crippen LogP contribution in [0.15, 0.2) is 141 Å². The molecule has 7 heteroatoms. The maximum Gasteiger partial charge on any atom is 0.221 e. The third-order valence-electron chi connectivity index (χ3n) is 10.9. The Labute approximate surface area is 326 Å². The average Bonchev–Trinajstić information content (AvgIpc) is 3.21. The topological polar surface area (TPSA) is 54.0 Å². The van der Waals surface area contributed by atoms with Crippen molar-refractivity contribution in [1.29, 1.82) is 0 Å². The van der Waals surface area contributed by atoms with Gasteiger partial charge < -0.3 is 18.9 Å². The maximum atomic E-state index is 15.0. The molecule has 0 bridgehead atoms. The van der Waals surface area contributed by atoms with Crippen LogP contribution in [0.25, 0.3) is 0 Å². The minimum absolute atomic E-state index is 0.0868. The fourth-order valence-electron chi connectivity index (χ4n) is 8.17. The lowest BCUT2D eigenvalue weighted by atomic mass is 9.85. The summed E-state index contributed by atoms with van der Waals surface area (Å²) in [4.78, 5) is 19.5. The number of fused-ring (bicyclic) bond motifs is 4. The predicted molar refractivity (Wildman–Crippen MR) is 215 cm³/mol. The molecule has 0 amide bonds. The number of carbonyl (C=O) groups excluding carboxylic acids is 1. The molecule has 0 unspecified atom stereocenters. The number of hydrogen-bond acceptors (Lipinski definition) is 7. The zero-order valence-electron chi connectivity index (χ0n) is 31.3. The third-order valence-corrected chi connectivity index (χ3v) is 13.3. The Morgan fingerprint density at radius 2 is 0.870 bits per heavy atom. The molecule has 8 rings (SSSR count). The fraction of sp³-hybridized carbons (Fsp3) is 0.213. The van der Waals surface area contributed by atoms with Gasteiger partial charge in [0.15, 0.2) is 5.78 Å². The van der Waals surface area contributed by atoms with Crippen molar-refractivity contribution in [2.75, 3.05) is 28.4 Å². The SMILES string of the molecule is COC(OC)(c1ccccc1)c1ccc2c(c1)Sc1ccc(C)c(C(=O)c3c(C)ccc4c3Cc3ccc(C(OC)(OC)c5ccccc5)cc3S4)c1C2. The molecule has 2 aliphatic rings. The van der Waals surface area contributed by atoms with Gasteiger partial charge in [0.25, 0.3) is 0 Å². The quantitative estimate of drug-likeness (QED) is 0.102. The Balaban J connectivity index is 1.14. The van der Waals surface area contributed by atoms with Crippen molar-refractivity contribution in [3.8, 4) is 0 Å². The molecule has 6 aromatic carbocycles. The van der Waals surface area contributed by atoms with E-state index in [2.05, 4.69) is 74.5 Å². The maximum absolute atomic E-state index is 15.0. The van der Waals surface area contributed by atoms with E-state index in [4.69, 9.17) is 18.9 Å². The molecule has 2 heterocycles. The number of methoxy groups -OCH3 is 4. The van der Waals surface area contributed by atoms with Crippen LogP contribution in [0.3, 0.4) is 0 Å². The molecule has 0 N–H and O–H groups in total. The van der Waals surface area contributed by atoms with Crippen LogP contribution >= 0.6 is 23.5 Å². The van der Waals surface area contributed by atoms with Gasteiger partial charge >= 0.3 is 0 Å². The van der Waals surface area contributed by atoms with E-state index < -0.39 is 11.6 Å². The van der Waals surface area contributed by atoms with Crippen LogP contribution in [0.4, 0.5) is 0 Å². The fourth-order valence-corrected chi connectivity index (χ4v) is 10.4. The average molecular weight is 751 g/mol. The molecular formula is C47H42O5S2. The van der Waals surface area contributed by atoms with Crippen molar-refractivity contribution in [3.63, 3.8) is 0 Å². The highest BCUT2D eigenvalue weighted by molar-refractivity contribution is 7.99. The van der Waals surface area contributed by atoms with Gasteiger partial charge in [0.2, 0.25) is 11.6 Å². The standard InChI is InChI=1S/C47H42O5S2/c1-29-17-23-39-37(25-31-19-21-35(27-41(31)53-39)46(49-3,50-4)33-13-9-7-10-14-33)43(29)45(48)44-30(2)18-24-40-38(44)26-32-20-22-36(28-42(32)54-40)47(51-5,52-6)34-15-11-8-12-16-34/h7-24,27-28H,25-26H2,1-6H3. The van der Waals surface area contributed by atoms with Crippen LogP contribution in [0.1, 0.15) is 71.6 Å². The zero-order valence-corrected chi connectivity index (χ0v) is 33.0. The summed E-state index contributed by atoms with van der Waals surface area (Å²) in [7, 11) is 6.71. The first-order chi connectivity index (χ1) is 26.3. The number of carbonyl (C=O) groups is 1. The summed E-state index contributed by atoms with van der Waals surface area (Å²) in [6.07, 6.45) is 1.32. The highest BCUT2D eigenvalue weighted by Crippen LogP contribution is 2.48. The van der Waals surface area contributed by atoms with E-state index in [1.807, 2.05) is 60.7 Å². The number of aryl methyl sites for hydroxylation is 2. The number of benzene rings is 6. The molecule has 0 aliphatic carbocycles. The summed E-state index contributed by atoms with van der Waals surface area (Å²) >= 11 is 3.41. The van der Waals surface area contributed by atoms with Gasteiger partial charge in [0, 0.05) is 94.2 Å². The Morgan fingerprint density at radius 1 is 0.481 bits per heavy atom. The number of ketones is 1. The Morgan fingerprint density at radius 3 is 1.24 bits per heavy atom. The molecule has 54 heavy (non-hydrogen) atoms. The first-order valence-electron chi connectivity index (χ1n) is 18.0. The van der Waals surface area contributed by atoms with Gasteiger partial charge in [0.05, 0.1) is 0 Å². The largest absolute Gasteiger partial charge is 0.346 e. The van der Waals surface area contributed by atoms with E-state index in [0.717, 1.165) is 75.2 Å². The molecule has 0 spiro atoms. The molecule has 0 atom stereocenters. The lowest BCUT2D eigenvalue weighted by Crippen LogP contribution is -2.32. The summed E-state index contributed by atoms with van der Waals surface area (Å²) in [6.45, 7) is 4.12. The molecule has 0 saturated heterocycles. The van der Waals surface area contributed by atoms with E-state index in [-0.39, 0.29) is 5.78 Å². The molecule has 272 valence electrons. The first kappa shape index (κ1) is 36.5. The van der Waals surface area contributed by atoms with Crippen LogP contribution in [-0.2, 0) is 43.4 Å². The lowest BCUT2D eigenvalue weighted by molar-refractivity contribution is -0.184. The third kappa shape index (κ3) is 5.95. The number of hydrogen-bond donors (Lipinski definition) is 0. The Hall–Kier alpha value is -4.47. The molecule has 6 aromatic rings. The van der Waals surface area contributed by atoms with Crippen molar-refractivity contribution in [1.82, 2.24) is 0 Å². The molecule has 0 saturated carbocycles. The van der Waals surface area contributed by atoms with E-state index in [1.54, 1.807) is 52.0 Å². The highest BCUT2D eigenvalue weighted by atomic mass is 32.2. The Kier molecular flexibility index (Phi) is 9.90. The molecular weight excluding hydrogens is 709 g/mol. The molecule has 0 aromatic heterocycles. The summed E-state index contributed by atoms with van der Waals surface area (Å²) in [5, 5.41) is 0. The lowest BCUT2D eigenvalue weighted by Gasteiger charge is -2.33. The van der Waals surface area contributed by atoms with Gasteiger partial charge in [0.1, 0.15) is 0 Å². The molecule has 0 radical (unpaired) electrons. The second-order valence-electron chi connectivity index (χ2n) is 13.8. The van der Waals surface area contributed by atoms with E-state index in [0.29, 0.717) is 12.8 Å². The number of ether oxygens (including phenoxy) is 4. The van der Waals surface area contributed by atoms with Crippen LogP contribution < -0.4 is 0 Å². The van der Waals surface area contributed by atoms with Gasteiger partial charge in [-0.2, -0.15) is 0 Å². The van der Waals surface area contributed by atoms with Crippen LogP contribution in [0.5, 0.6) is 0 Å². The molecule has 5 nitrogen and oxygen atoms in total. The van der Waals surface area contributed by atoms with Crippen molar-refractivity contribution in [2.45, 2.75) is 57.8 Å². The highest BCUT2D eigenvalue weighted by Gasteiger charge is 2.38. The van der Waals surface area contributed by atoms with Gasteiger partial charge in [-0.25, -0.2) is 0 Å². The molecule has 2 aliphatic heterocycles. The number of rotatable bonds is 10. The zero-order chi connectivity index (χ0) is 37.6. The summed E-state index contributed by atoms with van der Waals surface area (Å²) < 4.78 is 24.3. The van der Waals surface area contributed by atoms with Gasteiger partial charge in [-0.15, -0.1) is 0 Å². The second kappa shape index (κ2) is 14.6. The minimum atomic E-state index is -1.04.